The second-order valence-electron chi connectivity index (χ2n) is 10.5. The van der Waals surface area contributed by atoms with Crippen LogP contribution in [0, 0.1) is 5.92 Å². The van der Waals surface area contributed by atoms with Crippen molar-refractivity contribution in [1.82, 2.24) is 4.57 Å². The monoisotopic (exact) mass is 685 g/mol. The Labute approximate surface area is 268 Å². The molecule has 5 aromatic rings. The zero-order valence-electron chi connectivity index (χ0n) is 23.2. The number of hydrogen-bond acceptors (Lipinski definition) is 7. The summed E-state index contributed by atoms with van der Waals surface area (Å²) >= 11 is 5.62. The van der Waals surface area contributed by atoms with Crippen LogP contribution in [-0.4, -0.2) is 34.6 Å². The molecule has 11 heteroatoms. The van der Waals surface area contributed by atoms with Gasteiger partial charge >= 0.3 is 4.87 Å². The van der Waals surface area contributed by atoms with Gasteiger partial charge < -0.3 is 10.1 Å². The first kappa shape index (κ1) is 28.6. The van der Waals surface area contributed by atoms with Gasteiger partial charge in [0.2, 0.25) is 17.7 Å². The summed E-state index contributed by atoms with van der Waals surface area (Å²) < 4.78 is 7.60. The van der Waals surface area contributed by atoms with Gasteiger partial charge in [-0.15, -0.1) is 0 Å². The van der Waals surface area contributed by atoms with Crippen LogP contribution in [0.4, 0.5) is 11.4 Å². The molecule has 1 N–H and O–H groups in total. The van der Waals surface area contributed by atoms with E-state index in [2.05, 4.69) is 21.2 Å². The smallest absolute Gasteiger partial charge is 0.308 e. The van der Waals surface area contributed by atoms with Gasteiger partial charge in [0.25, 0.3) is 0 Å². The zero-order valence-corrected chi connectivity index (χ0v) is 26.4. The fraction of sp³-hybridized carbons (Fsp3) is 0.152. The highest BCUT2D eigenvalue weighted by atomic mass is 79.9. The number of rotatable bonds is 6. The number of thiazole rings is 1. The van der Waals surface area contributed by atoms with Crippen LogP contribution < -0.4 is 19.8 Å². The van der Waals surface area contributed by atoms with Crippen LogP contribution >= 0.6 is 39.0 Å². The Kier molecular flexibility index (Phi) is 7.39. The number of thioether (sulfide) groups is 1. The van der Waals surface area contributed by atoms with E-state index in [1.54, 1.807) is 43.5 Å². The van der Waals surface area contributed by atoms with Crippen molar-refractivity contribution >= 4 is 78.9 Å². The standard InChI is InChI=1S/C33H24BrN3O5S2/c1-42-24-14-7-19(8-15-24)26-27-28(31(40)37(30(27)39)23-12-9-21(34)10-13-23)43-32-29(26)44-33(41)36(32)17-25(38)35-22-11-6-18-4-2-3-5-20(18)16-22/h2-16,26-28H,17H2,1H3,(H,35,38)/t26-,27-,28+/m0/s1. The molecule has 3 amide bonds. The molecule has 0 saturated carbocycles. The van der Waals surface area contributed by atoms with Gasteiger partial charge in [0.15, 0.2) is 0 Å². The van der Waals surface area contributed by atoms with Gasteiger partial charge in [0.05, 0.1) is 23.7 Å². The van der Waals surface area contributed by atoms with Crippen molar-refractivity contribution in [2.75, 3.05) is 17.3 Å². The predicted molar refractivity (Wildman–Crippen MR) is 176 cm³/mol. The number of methoxy groups -OCH3 is 1. The molecule has 7 rings (SSSR count). The Morgan fingerprint density at radius 3 is 2.36 bits per heavy atom. The minimum atomic E-state index is -0.769. The third-order valence-electron chi connectivity index (χ3n) is 7.94. The molecule has 44 heavy (non-hydrogen) atoms. The third-order valence-corrected chi connectivity index (χ3v) is 11.1. The third kappa shape index (κ3) is 4.94. The van der Waals surface area contributed by atoms with Gasteiger partial charge in [-0.2, -0.15) is 0 Å². The summed E-state index contributed by atoms with van der Waals surface area (Å²) in [5.74, 6) is -1.66. The summed E-state index contributed by atoms with van der Waals surface area (Å²) in [6.07, 6.45) is 0. The Bertz CT molecular complexity index is 2010. The van der Waals surface area contributed by atoms with Gasteiger partial charge in [0.1, 0.15) is 17.5 Å². The number of imide groups is 1. The first-order valence-electron chi connectivity index (χ1n) is 13.8. The second-order valence-corrected chi connectivity index (χ2v) is 13.6. The Balaban J connectivity index is 1.26. The van der Waals surface area contributed by atoms with E-state index in [0.717, 1.165) is 32.1 Å². The van der Waals surface area contributed by atoms with Crippen LogP contribution in [0.1, 0.15) is 16.4 Å². The minimum Gasteiger partial charge on any atom is -0.497 e. The molecular formula is C33H24BrN3O5S2. The summed E-state index contributed by atoms with van der Waals surface area (Å²) in [5.41, 5.74) is 1.90. The van der Waals surface area contributed by atoms with Crippen LogP contribution in [0.5, 0.6) is 5.75 Å². The molecule has 1 aromatic heterocycles. The highest BCUT2D eigenvalue weighted by Crippen LogP contribution is 2.54. The zero-order chi connectivity index (χ0) is 30.5. The van der Waals surface area contributed by atoms with E-state index >= 15 is 0 Å². The fourth-order valence-electron chi connectivity index (χ4n) is 5.88. The number of amides is 3. The number of benzene rings is 4. The molecule has 0 bridgehead atoms. The number of nitrogens with zero attached hydrogens (tertiary/aromatic N) is 2. The number of nitrogens with one attached hydrogen (secondary N) is 1. The van der Waals surface area contributed by atoms with E-state index in [-0.39, 0.29) is 29.1 Å². The maximum Gasteiger partial charge on any atom is 0.308 e. The van der Waals surface area contributed by atoms with Crippen LogP contribution in [0.15, 0.2) is 105 Å². The number of aromatic nitrogens is 1. The quantitative estimate of drug-likeness (QED) is 0.212. The van der Waals surface area contributed by atoms with Crippen LogP contribution in [0.3, 0.4) is 0 Å². The average Bonchev–Trinajstić information content (AvgIpc) is 3.47. The first-order valence-corrected chi connectivity index (χ1v) is 16.3. The van der Waals surface area contributed by atoms with E-state index < -0.39 is 17.1 Å². The Morgan fingerprint density at radius 1 is 0.909 bits per heavy atom. The van der Waals surface area contributed by atoms with Gasteiger partial charge in [-0.05, 0) is 64.9 Å². The lowest BCUT2D eigenvalue weighted by Gasteiger charge is -2.30. The molecule has 220 valence electrons. The van der Waals surface area contributed by atoms with Gasteiger partial charge in [-0.3, -0.25) is 23.7 Å². The molecule has 2 aliphatic heterocycles. The minimum absolute atomic E-state index is 0.226. The number of ether oxygens (including phenoxy) is 1. The van der Waals surface area contributed by atoms with Crippen LogP contribution in [-0.2, 0) is 20.9 Å². The molecule has 3 heterocycles. The number of hydrogen-bond donors (Lipinski definition) is 1. The molecular weight excluding hydrogens is 662 g/mol. The molecule has 8 nitrogen and oxygen atoms in total. The van der Waals surface area contributed by atoms with Crippen molar-refractivity contribution in [3.63, 3.8) is 0 Å². The lowest BCUT2D eigenvalue weighted by atomic mass is 9.83. The van der Waals surface area contributed by atoms with Gasteiger partial charge in [0, 0.05) is 21.0 Å². The normalized spacial score (nSPS) is 19.1. The SMILES string of the molecule is COc1ccc([C@@H]2c3sc(=O)n(CC(=O)Nc4ccc5ccccc5c4)c3S[C@H]3C(=O)N(c4ccc(Br)cc4)C(=O)[C@@H]23)cc1. The summed E-state index contributed by atoms with van der Waals surface area (Å²) in [6.45, 7) is -0.226. The number of anilines is 2. The maximum absolute atomic E-state index is 14.0. The summed E-state index contributed by atoms with van der Waals surface area (Å²) in [6, 6.07) is 27.8. The number of fused-ring (bicyclic) bond motifs is 3. The maximum atomic E-state index is 14.0. The summed E-state index contributed by atoms with van der Waals surface area (Å²) in [4.78, 5) is 56.2. The number of carbonyl (C=O) groups excluding carboxylic acids is 3. The molecule has 4 aromatic carbocycles. The highest BCUT2D eigenvalue weighted by Gasteiger charge is 2.56. The predicted octanol–water partition coefficient (Wildman–Crippen LogP) is 6.27. The van der Waals surface area contributed by atoms with Crippen LogP contribution in [0.25, 0.3) is 10.8 Å². The molecule has 1 saturated heterocycles. The first-order chi connectivity index (χ1) is 21.3. The van der Waals surface area contributed by atoms with E-state index in [0.29, 0.717) is 27.0 Å². The van der Waals surface area contributed by atoms with Crippen molar-refractivity contribution < 1.29 is 19.1 Å². The molecule has 0 aliphatic carbocycles. The molecule has 0 unspecified atom stereocenters. The summed E-state index contributed by atoms with van der Waals surface area (Å²) in [7, 11) is 1.57. The van der Waals surface area contributed by atoms with Crippen molar-refractivity contribution in [2.24, 2.45) is 5.92 Å². The molecule has 2 aliphatic rings. The van der Waals surface area contributed by atoms with Gasteiger partial charge in [-0.1, -0.05) is 81.5 Å². The number of carbonyl (C=O) groups is 3. The fourth-order valence-corrected chi connectivity index (χ4v) is 8.92. The Hall–Kier alpha value is -4.19. The number of halogens is 1. The van der Waals surface area contributed by atoms with E-state index in [9.17, 15) is 19.2 Å². The van der Waals surface area contributed by atoms with Crippen molar-refractivity contribution in [3.8, 4) is 5.75 Å². The van der Waals surface area contributed by atoms with E-state index in [1.165, 1.54) is 21.2 Å². The van der Waals surface area contributed by atoms with Crippen molar-refractivity contribution in [2.45, 2.75) is 22.7 Å². The van der Waals surface area contributed by atoms with Crippen molar-refractivity contribution in [1.29, 1.82) is 0 Å². The molecule has 1 fully saturated rings. The Morgan fingerprint density at radius 2 is 1.64 bits per heavy atom. The lowest BCUT2D eigenvalue weighted by molar-refractivity contribution is -0.122. The molecule has 0 spiro atoms. The average molecular weight is 687 g/mol. The summed E-state index contributed by atoms with van der Waals surface area (Å²) in [5, 5.41) is 4.71. The lowest BCUT2D eigenvalue weighted by Crippen LogP contribution is -2.33. The van der Waals surface area contributed by atoms with E-state index in [1.807, 2.05) is 54.6 Å². The second kappa shape index (κ2) is 11.4. The van der Waals surface area contributed by atoms with Crippen molar-refractivity contribution in [3.05, 3.63) is 116 Å². The largest absolute Gasteiger partial charge is 0.497 e. The van der Waals surface area contributed by atoms with E-state index in [4.69, 9.17) is 4.74 Å². The van der Waals surface area contributed by atoms with Crippen LogP contribution in [0.2, 0.25) is 0 Å². The molecule has 0 radical (unpaired) electrons. The molecule has 3 atom stereocenters. The topological polar surface area (TPSA) is 97.7 Å². The highest BCUT2D eigenvalue weighted by molar-refractivity contribution is 9.10. The van der Waals surface area contributed by atoms with Gasteiger partial charge in [-0.25, -0.2) is 4.90 Å².